The maximum Gasteiger partial charge on any atom is 0.299 e. The summed E-state index contributed by atoms with van der Waals surface area (Å²) in [5, 5.41) is 24.6. The number of nitro groups is 1. The second kappa shape index (κ2) is 5.02. The predicted octanol–water partition coefficient (Wildman–Crippen LogP) is 2.51. The summed E-state index contributed by atoms with van der Waals surface area (Å²) in [5.41, 5.74) is 0.378. The number of non-ortho nitro benzene ring substituents is 1. The van der Waals surface area contributed by atoms with Crippen LogP contribution in [0.5, 0.6) is 5.19 Å². The first-order chi connectivity index (χ1) is 8.56. The van der Waals surface area contributed by atoms with Crippen LogP contribution in [-0.2, 0) is 0 Å². The predicted molar refractivity (Wildman–Crippen MR) is 67.9 cm³/mol. The van der Waals surface area contributed by atoms with Crippen molar-refractivity contribution >= 4 is 35.1 Å². The van der Waals surface area contributed by atoms with Crippen LogP contribution in [0.4, 0.5) is 5.69 Å². The Bertz CT molecular complexity index is 646. The van der Waals surface area contributed by atoms with Crippen LogP contribution < -0.4 is 4.74 Å². The summed E-state index contributed by atoms with van der Waals surface area (Å²) < 4.78 is 5.59. The lowest BCUT2D eigenvalue weighted by atomic mass is 10.2. The molecular formula is C9H6N4O3S2. The Morgan fingerprint density at radius 3 is 2.67 bits per heavy atom. The lowest BCUT2D eigenvalue weighted by Gasteiger charge is -2.02. The fourth-order valence-corrected chi connectivity index (χ4v) is 1.87. The molecule has 1 aromatic carbocycles. The van der Waals surface area contributed by atoms with Gasteiger partial charge in [-0.15, -0.1) is 5.10 Å². The van der Waals surface area contributed by atoms with Crippen molar-refractivity contribution in [3.8, 4) is 5.19 Å². The number of aromatic nitrogens is 2. The van der Waals surface area contributed by atoms with Gasteiger partial charge in [-0.05, 0) is 35.7 Å². The van der Waals surface area contributed by atoms with E-state index in [9.17, 15) is 10.1 Å². The van der Waals surface area contributed by atoms with E-state index in [0.29, 0.717) is 9.52 Å². The van der Waals surface area contributed by atoms with Crippen molar-refractivity contribution in [2.24, 2.45) is 0 Å². The summed E-state index contributed by atoms with van der Waals surface area (Å²) in [4.78, 5) is 9.97. The SMILES string of the molecule is N=C(Oc1n[nH]c(=S)s1)c1ccc([N+](=O)[O-])cc1. The summed E-state index contributed by atoms with van der Waals surface area (Å²) in [6.45, 7) is 0. The van der Waals surface area contributed by atoms with E-state index >= 15 is 0 Å². The Labute approximate surface area is 110 Å². The molecule has 0 saturated heterocycles. The second-order valence-corrected chi connectivity index (χ2v) is 4.74. The maximum absolute atomic E-state index is 10.5. The van der Waals surface area contributed by atoms with Crippen LogP contribution in [0.25, 0.3) is 0 Å². The fraction of sp³-hybridized carbons (Fsp3) is 0. The van der Waals surface area contributed by atoms with Crippen LogP contribution >= 0.6 is 23.6 Å². The molecule has 0 bridgehead atoms. The zero-order valence-corrected chi connectivity index (χ0v) is 10.4. The number of hydrogen-bond acceptors (Lipinski definition) is 7. The van der Waals surface area contributed by atoms with Gasteiger partial charge in [-0.2, -0.15) is 0 Å². The molecule has 2 rings (SSSR count). The molecule has 7 nitrogen and oxygen atoms in total. The summed E-state index contributed by atoms with van der Waals surface area (Å²) in [7, 11) is 0. The molecule has 0 aliphatic heterocycles. The van der Waals surface area contributed by atoms with Crippen LogP contribution in [0, 0.1) is 19.5 Å². The van der Waals surface area contributed by atoms with Crippen molar-refractivity contribution in [2.75, 3.05) is 0 Å². The first kappa shape index (κ1) is 12.3. The smallest absolute Gasteiger partial charge is 0.299 e. The molecular weight excluding hydrogens is 276 g/mol. The van der Waals surface area contributed by atoms with E-state index in [1.54, 1.807) is 0 Å². The van der Waals surface area contributed by atoms with Gasteiger partial charge in [-0.25, -0.2) is 0 Å². The number of benzene rings is 1. The van der Waals surface area contributed by atoms with Gasteiger partial charge in [0.15, 0.2) is 3.95 Å². The number of ether oxygens (including phenoxy) is 1. The minimum atomic E-state index is -0.506. The molecule has 1 heterocycles. The van der Waals surface area contributed by atoms with Crippen LogP contribution in [0.1, 0.15) is 5.56 Å². The molecule has 0 radical (unpaired) electrons. The van der Waals surface area contributed by atoms with E-state index in [2.05, 4.69) is 10.2 Å². The Morgan fingerprint density at radius 1 is 1.50 bits per heavy atom. The van der Waals surface area contributed by atoms with E-state index in [-0.39, 0.29) is 16.8 Å². The van der Waals surface area contributed by atoms with Crippen LogP contribution in [0.15, 0.2) is 24.3 Å². The highest BCUT2D eigenvalue weighted by molar-refractivity contribution is 7.73. The third-order valence-corrected chi connectivity index (χ3v) is 2.92. The molecule has 0 aliphatic rings. The minimum absolute atomic E-state index is 0.0398. The number of H-pyrrole nitrogens is 1. The lowest BCUT2D eigenvalue weighted by Crippen LogP contribution is -2.08. The molecule has 0 fully saturated rings. The van der Waals surface area contributed by atoms with E-state index in [1.807, 2.05) is 0 Å². The molecule has 0 aliphatic carbocycles. The zero-order valence-electron chi connectivity index (χ0n) is 8.75. The van der Waals surface area contributed by atoms with Crippen LogP contribution in [0.2, 0.25) is 0 Å². The number of rotatable bonds is 3. The molecule has 0 atom stereocenters. The summed E-state index contributed by atoms with van der Waals surface area (Å²) in [6.07, 6.45) is 0. The van der Waals surface area contributed by atoms with E-state index in [0.717, 1.165) is 11.3 Å². The van der Waals surface area contributed by atoms with Gasteiger partial charge in [-0.3, -0.25) is 20.6 Å². The Morgan fingerprint density at radius 2 is 2.17 bits per heavy atom. The maximum atomic E-state index is 10.5. The third kappa shape index (κ3) is 2.76. The average Bonchev–Trinajstić information content (AvgIpc) is 2.75. The van der Waals surface area contributed by atoms with Gasteiger partial charge in [0.2, 0.25) is 5.90 Å². The van der Waals surface area contributed by atoms with Gasteiger partial charge in [0.1, 0.15) is 0 Å². The molecule has 2 N–H and O–H groups in total. The first-order valence-corrected chi connectivity index (χ1v) is 5.85. The second-order valence-electron chi connectivity index (χ2n) is 3.11. The Kier molecular flexibility index (Phi) is 3.44. The Hall–Kier alpha value is -2.13. The summed E-state index contributed by atoms with van der Waals surface area (Å²) in [5.74, 6) is -0.150. The molecule has 0 spiro atoms. The van der Waals surface area contributed by atoms with Crippen molar-refractivity contribution in [3.63, 3.8) is 0 Å². The molecule has 9 heteroatoms. The molecule has 0 amide bonds. The van der Waals surface area contributed by atoms with Crippen molar-refractivity contribution in [3.05, 3.63) is 43.9 Å². The number of nitrogens with one attached hydrogen (secondary N) is 2. The number of nitrogens with zero attached hydrogens (tertiary/aromatic N) is 2. The van der Waals surface area contributed by atoms with Gasteiger partial charge in [0, 0.05) is 17.7 Å². The van der Waals surface area contributed by atoms with Crippen LogP contribution in [-0.4, -0.2) is 21.0 Å². The van der Waals surface area contributed by atoms with Crippen molar-refractivity contribution in [2.45, 2.75) is 0 Å². The Balaban J connectivity index is 2.14. The van der Waals surface area contributed by atoms with Gasteiger partial charge >= 0.3 is 0 Å². The average molecular weight is 282 g/mol. The van der Waals surface area contributed by atoms with Crippen molar-refractivity contribution in [1.29, 1.82) is 5.41 Å². The minimum Gasteiger partial charge on any atom is -0.411 e. The molecule has 0 unspecified atom stereocenters. The number of hydrogen-bond donors (Lipinski definition) is 2. The molecule has 1 aromatic heterocycles. The fourth-order valence-electron chi connectivity index (χ4n) is 1.14. The zero-order chi connectivity index (χ0) is 13.1. The van der Waals surface area contributed by atoms with Gasteiger partial charge in [0.05, 0.1) is 4.92 Å². The molecule has 2 aromatic rings. The summed E-state index contributed by atoms with van der Waals surface area (Å²) in [6, 6.07) is 5.48. The lowest BCUT2D eigenvalue weighted by molar-refractivity contribution is -0.384. The van der Waals surface area contributed by atoms with Crippen molar-refractivity contribution in [1.82, 2.24) is 10.2 Å². The highest BCUT2D eigenvalue weighted by atomic mass is 32.1. The monoisotopic (exact) mass is 282 g/mol. The molecule has 92 valence electrons. The molecule has 18 heavy (non-hydrogen) atoms. The van der Waals surface area contributed by atoms with E-state index in [4.69, 9.17) is 22.4 Å². The quantitative estimate of drug-likeness (QED) is 0.296. The summed E-state index contributed by atoms with van der Waals surface area (Å²) >= 11 is 5.92. The number of aromatic amines is 1. The number of nitro benzene ring substituents is 1. The van der Waals surface area contributed by atoms with E-state index in [1.165, 1.54) is 24.3 Å². The highest BCUT2D eigenvalue weighted by Gasteiger charge is 2.10. The van der Waals surface area contributed by atoms with Gasteiger partial charge in [-0.1, -0.05) is 0 Å². The molecule has 0 saturated carbocycles. The third-order valence-electron chi connectivity index (χ3n) is 1.95. The standard InChI is InChI=1S/C9H6N4O3S2/c10-7(16-8-11-12-9(17)18-8)5-1-3-6(4-2-5)13(14)15/h1-4,10H,(H,12,17). The topological polar surface area (TPSA) is 105 Å². The van der Waals surface area contributed by atoms with Gasteiger partial charge in [0.25, 0.3) is 10.9 Å². The largest absolute Gasteiger partial charge is 0.411 e. The first-order valence-electron chi connectivity index (χ1n) is 4.63. The van der Waals surface area contributed by atoms with Crippen molar-refractivity contribution < 1.29 is 9.66 Å². The normalized spacial score (nSPS) is 10.0. The van der Waals surface area contributed by atoms with Gasteiger partial charge < -0.3 is 4.74 Å². The van der Waals surface area contributed by atoms with Crippen LogP contribution in [0.3, 0.4) is 0 Å². The van der Waals surface area contributed by atoms with E-state index < -0.39 is 4.92 Å². The highest BCUT2D eigenvalue weighted by Crippen LogP contribution is 2.17.